The molecule has 0 aliphatic carbocycles. The molecule has 1 N–H and O–H groups in total. The minimum absolute atomic E-state index is 0.00739. The molecule has 1 atom stereocenters. The molecule has 0 fully saturated rings. The van der Waals surface area contributed by atoms with Gasteiger partial charge in [-0.2, -0.15) is 5.26 Å². The third kappa shape index (κ3) is 5.01. The van der Waals surface area contributed by atoms with Gasteiger partial charge in [0.1, 0.15) is 18.0 Å². The topological polar surface area (TPSA) is 71.3 Å². The van der Waals surface area contributed by atoms with Crippen molar-refractivity contribution in [2.75, 3.05) is 20.8 Å². The molecule has 5 heteroatoms. The summed E-state index contributed by atoms with van der Waals surface area (Å²) in [6, 6.07) is 15.5. The number of hydrogen-bond acceptors (Lipinski definition) is 4. The molecule has 2 rings (SSSR count). The van der Waals surface area contributed by atoms with Gasteiger partial charge in [-0.25, -0.2) is 0 Å². The Morgan fingerprint density at radius 3 is 2.30 bits per heavy atom. The van der Waals surface area contributed by atoms with Crippen molar-refractivity contribution >= 4 is 5.91 Å². The zero-order valence-electron chi connectivity index (χ0n) is 16.3. The van der Waals surface area contributed by atoms with Crippen molar-refractivity contribution < 1.29 is 14.3 Å². The highest BCUT2D eigenvalue weighted by Crippen LogP contribution is 2.39. The van der Waals surface area contributed by atoms with Gasteiger partial charge in [0.25, 0.3) is 0 Å². The molecule has 0 spiro atoms. The Morgan fingerprint density at radius 2 is 1.74 bits per heavy atom. The van der Waals surface area contributed by atoms with E-state index in [0.29, 0.717) is 23.8 Å². The number of carbonyl (C=O) groups excluding carboxylic acids is 1. The lowest BCUT2D eigenvalue weighted by Gasteiger charge is -2.20. The summed E-state index contributed by atoms with van der Waals surface area (Å²) in [5.74, 6) is 1.31. The molecule has 0 aromatic heterocycles. The van der Waals surface area contributed by atoms with Crippen molar-refractivity contribution in [1.29, 1.82) is 5.26 Å². The molecule has 2 aromatic carbocycles. The number of methoxy groups -OCH3 is 2. The van der Waals surface area contributed by atoms with E-state index >= 15 is 0 Å². The Hall–Kier alpha value is -3.00. The molecule has 27 heavy (non-hydrogen) atoms. The molecule has 142 valence electrons. The Bertz CT molecular complexity index is 802. The van der Waals surface area contributed by atoms with E-state index in [1.165, 1.54) is 0 Å². The third-order valence-electron chi connectivity index (χ3n) is 4.37. The van der Waals surface area contributed by atoms with Crippen molar-refractivity contribution in [3.8, 4) is 28.7 Å². The number of rotatable bonds is 8. The van der Waals surface area contributed by atoms with Gasteiger partial charge in [-0.1, -0.05) is 44.2 Å². The van der Waals surface area contributed by atoms with Crippen LogP contribution in [0, 0.1) is 17.2 Å². The molecule has 0 aliphatic heterocycles. The van der Waals surface area contributed by atoms with E-state index in [0.717, 1.165) is 16.7 Å². The lowest BCUT2D eigenvalue weighted by molar-refractivity contribution is -0.122. The maximum absolute atomic E-state index is 12.6. The van der Waals surface area contributed by atoms with Crippen LogP contribution in [0.4, 0.5) is 0 Å². The molecule has 1 amide bonds. The first-order valence-electron chi connectivity index (χ1n) is 8.97. The summed E-state index contributed by atoms with van der Waals surface area (Å²) < 4.78 is 11.0. The minimum Gasteiger partial charge on any atom is -0.496 e. The van der Waals surface area contributed by atoms with E-state index in [-0.39, 0.29) is 18.4 Å². The van der Waals surface area contributed by atoms with Gasteiger partial charge in [-0.15, -0.1) is 0 Å². The molecular formula is C22H26N2O3. The van der Waals surface area contributed by atoms with Gasteiger partial charge in [0.2, 0.25) is 5.91 Å². The molecule has 1 unspecified atom stereocenters. The predicted molar refractivity (Wildman–Crippen MR) is 106 cm³/mol. The Labute approximate surface area is 160 Å². The number of nitrogens with one attached hydrogen (secondary N) is 1. The first-order chi connectivity index (χ1) is 13.0. The van der Waals surface area contributed by atoms with Gasteiger partial charge in [0, 0.05) is 0 Å². The van der Waals surface area contributed by atoms with Gasteiger partial charge in [0.15, 0.2) is 0 Å². The van der Waals surface area contributed by atoms with Gasteiger partial charge in [0.05, 0.1) is 31.8 Å². The average Bonchev–Trinajstić information content (AvgIpc) is 2.69. The molecule has 0 radical (unpaired) electrons. The number of hydrogen-bond donors (Lipinski definition) is 1. The normalized spacial score (nSPS) is 11.6. The van der Waals surface area contributed by atoms with E-state index < -0.39 is 0 Å². The van der Waals surface area contributed by atoms with Crippen LogP contribution in [0.15, 0.2) is 42.5 Å². The highest BCUT2D eigenvalue weighted by atomic mass is 16.5. The first kappa shape index (κ1) is 20.3. The lowest BCUT2D eigenvalue weighted by Crippen LogP contribution is -2.30. The van der Waals surface area contributed by atoms with Gasteiger partial charge in [-0.05, 0) is 35.6 Å². The number of amides is 1. The summed E-state index contributed by atoms with van der Waals surface area (Å²) in [5, 5.41) is 11.5. The quantitative estimate of drug-likeness (QED) is 0.713. The second kappa shape index (κ2) is 9.63. The first-order valence-corrected chi connectivity index (χ1v) is 8.97. The zero-order chi connectivity index (χ0) is 19.8. The molecular weight excluding hydrogens is 340 g/mol. The molecule has 0 saturated heterocycles. The van der Waals surface area contributed by atoms with Crippen LogP contribution in [0.2, 0.25) is 0 Å². The van der Waals surface area contributed by atoms with E-state index in [1.807, 2.05) is 48.5 Å². The standard InChI is InChI=1S/C22H26N2O3/c1-15(2)13-18(22(25)24-12-11-23)16-7-5-8-17(14-16)21-19(26-3)9-6-10-20(21)27-4/h5-10,14-15,18H,12-13H2,1-4H3,(H,24,25). The number of carbonyl (C=O) groups is 1. The SMILES string of the molecule is COc1cccc(OC)c1-c1cccc(C(CC(C)C)C(=O)NCC#N)c1. The largest absolute Gasteiger partial charge is 0.496 e. The molecule has 0 heterocycles. The monoisotopic (exact) mass is 366 g/mol. The maximum Gasteiger partial charge on any atom is 0.228 e. The Kier molecular flexibility index (Phi) is 7.25. The maximum atomic E-state index is 12.6. The van der Waals surface area contributed by atoms with Crippen LogP contribution in [0.1, 0.15) is 31.7 Å². The van der Waals surface area contributed by atoms with E-state index in [2.05, 4.69) is 19.2 Å². The molecule has 2 aromatic rings. The number of ether oxygens (including phenoxy) is 2. The van der Waals surface area contributed by atoms with Crippen LogP contribution in [0.5, 0.6) is 11.5 Å². The second-order valence-corrected chi connectivity index (χ2v) is 6.72. The van der Waals surface area contributed by atoms with Crippen molar-refractivity contribution in [3.05, 3.63) is 48.0 Å². The van der Waals surface area contributed by atoms with Crippen LogP contribution in [0.25, 0.3) is 11.1 Å². The summed E-state index contributed by atoms with van der Waals surface area (Å²) in [7, 11) is 3.25. The number of nitrogens with zero attached hydrogens (tertiary/aromatic N) is 1. The summed E-state index contributed by atoms with van der Waals surface area (Å²) in [6.07, 6.45) is 0.698. The molecule has 5 nitrogen and oxygen atoms in total. The van der Waals surface area contributed by atoms with Crippen LogP contribution in [-0.4, -0.2) is 26.7 Å². The van der Waals surface area contributed by atoms with E-state index in [4.69, 9.17) is 14.7 Å². The van der Waals surface area contributed by atoms with Crippen molar-refractivity contribution in [2.45, 2.75) is 26.2 Å². The fraction of sp³-hybridized carbons (Fsp3) is 0.364. The minimum atomic E-state index is -0.320. The highest BCUT2D eigenvalue weighted by Gasteiger charge is 2.23. The zero-order valence-corrected chi connectivity index (χ0v) is 16.3. The third-order valence-corrected chi connectivity index (χ3v) is 4.37. The van der Waals surface area contributed by atoms with Crippen molar-refractivity contribution in [3.63, 3.8) is 0 Å². The van der Waals surface area contributed by atoms with Crippen LogP contribution >= 0.6 is 0 Å². The summed E-state index contributed by atoms with van der Waals surface area (Å²) >= 11 is 0. The van der Waals surface area contributed by atoms with Gasteiger partial charge >= 0.3 is 0 Å². The van der Waals surface area contributed by atoms with E-state index in [9.17, 15) is 4.79 Å². The smallest absolute Gasteiger partial charge is 0.228 e. The van der Waals surface area contributed by atoms with Crippen LogP contribution in [0.3, 0.4) is 0 Å². The fourth-order valence-corrected chi connectivity index (χ4v) is 3.16. The summed E-state index contributed by atoms with van der Waals surface area (Å²) in [4.78, 5) is 12.6. The predicted octanol–water partition coefficient (Wildman–Crippen LogP) is 4.14. The molecule has 0 bridgehead atoms. The highest BCUT2D eigenvalue weighted by molar-refractivity contribution is 5.85. The Morgan fingerprint density at radius 1 is 1.11 bits per heavy atom. The summed E-state index contributed by atoms with van der Waals surface area (Å²) in [6.45, 7) is 4.17. The van der Waals surface area contributed by atoms with Crippen LogP contribution in [-0.2, 0) is 4.79 Å². The van der Waals surface area contributed by atoms with Gasteiger partial charge < -0.3 is 14.8 Å². The molecule has 0 saturated carbocycles. The second-order valence-electron chi connectivity index (χ2n) is 6.72. The lowest BCUT2D eigenvalue weighted by atomic mass is 9.87. The molecule has 0 aliphatic rings. The van der Waals surface area contributed by atoms with Crippen molar-refractivity contribution in [1.82, 2.24) is 5.32 Å². The Balaban J connectivity index is 2.49. The van der Waals surface area contributed by atoms with E-state index in [1.54, 1.807) is 14.2 Å². The van der Waals surface area contributed by atoms with Crippen LogP contribution < -0.4 is 14.8 Å². The van der Waals surface area contributed by atoms with Crippen molar-refractivity contribution in [2.24, 2.45) is 5.92 Å². The summed E-state index contributed by atoms with van der Waals surface area (Å²) in [5.41, 5.74) is 2.68. The average molecular weight is 366 g/mol. The van der Waals surface area contributed by atoms with Gasteiger partial charge in [-0.3, -0.25) is 4.79 Å². The number of nitriles is 1. The fourth-order valence-electron chi connectivity index (χ4n) is 3.16. The number of benzene rings is 2.